The zero-order chi connectivity index (χ0) is 19.3. The van der Waals surface area contributed by atoms with E-state index in [1.165, 1.54) is 24.1 Å². The van der Waals surface area contributed by atoms with E-state index in [9.17, 15) is 5.11 Å². The summed E-state index contributed by atoms with van der Waals surface area (Å²) in [6.07, 6.45) is 2.54. The van der Waals surface area contributed by atoms with Crippen molar-refractivity contribution in [3.05, 3.63) is 54.1 Å². The summed E-state index contributed by atoms with van der Waals surface area (Å²) in [4.78, 5) is 7.69. The molecule has 0 aromatic heterocycles. The van der Waals surface area contributed by atoms with E-state index >= 15 is 0 Å². The number of hydrogen-bond donors (Lipinski definition) is 1. The van der Waals surface area contributed by atoms with E-state index < -0.39 is 0 Å². The lowest BCUT2D eigenvalue weighted by Gasteiger charge is -2.44. The third kappa shape index (κ3) is 4.59. The maximum Gasteiger partial charge on any atom is 0.119 e. The van der Waals surface area contributed by atoms with Crippen molar-refractivity contribution in [2.24, 2.45) is 0 Å². The SMILES string of the molecule is COc1ccc(N2CCN(C3CCCN(Cc4cccc(O)c4)C3)CC2)cc1. The average Bonchev–Trinajstić information content (AvgIpc) is 2.74. The largest absolute Gasteiger partial charge is 0.508 e. The molecule has 150 valence electrons. The molecule has 1 atom stereocenters. The summed E-state index contributed by atoms with van der Waals surface area (Å²) in [5.41, 5.74) is 2.49. The van der Waals surface area contributed by atoms with Gasteiger partial charge in [0.25, 0.3) is 0 Å². The number of piperazine rings is 1. The average molecular weight is 382 g/mol. The van der Waals surface area contributed by atoms with Gasteiger partial charge in [-0.05, 0) is 61.3 Å². The van der Waals surface area contributed by atoms with Gasteiger partial charge in [0.05, 0.1) is 7.11 Å². The van der Waals surface area contributed by atoms with Gasteiger partial charge in [-0.1, -0.05) is 12.1 Å². The summed E-state index contributed by atoms with van der Waals surface area (Å²) in [6.45, 7) is 7.60. The smallest absolute Gasteiger partial charge is 0.119 e. The van der Waals surface area contributed by atoms with Crippen molar-refractivity contribution >= 4 is 5.69 Å². The van der Waals surface area contributed by atoms with Crippen LogP contribution >= 0.6 is 0 Å². The van der Waals surface area contributed by atoms with Gasteiger partial charge < -0.3 is 14.7 Å². The number of ether oxygens (including phenoxy) is 1. The van der Waals surface area contributed by atoms with Crippen molar-refractivity contribution in [1.82, 2.24) is 9.80 Å². The lowest BCUT2D eigenvalue weighted by atomic mass is 10.0. The van der Waals surface area contributed by atoms with E-state index in [0.717, 1.165) is 51.6 Å². The first-order valence-corrected chi connectivity index (χ1v) is 10.3. The number of benzene rings is 2. The number of phenolic OH excluding ortho intramolecular Hbond substituents is 1. The molecule has 0 spiro atoms. The van der Waals surface area contributed by atoms with Crippen LogP contribution in [0.25, 0.3) is 0 Å². The highest BCUT2D eigenvalue weighted by Gasteiger charge is 2.28. The summed E-state index contributed by atoms with van der Waals surface area (Å²) in [7, 11) is 1.71. The van der Waals surface area contributed by atoms with Gasteiger partial charge in [0, 0.05) is 51.0 Å². The van der Waals surface area contributed by atoms with Crippen molar-refractivity contribution in [1.29, 1.82) is 0 Å². The number of piperidine rings is 1. The Bertz CT molecular complexity index is 757. The van der Waals surface area contributed by atoms with Crippen LogP contribution < -0.4 is 9.64 Å². The Morgan fingerprint density at radius 3 is 2.50 bits per heavy atom. The highest BCUT2D eigenvalue weighted by atomic mass is 16.5. The Kier molecular flexibility index (Phi) is 6.03. The summed E-state index contributed by atoms with van der Waals surface area (Å²) in [5.74, 6) is 1.28. The van der Waals surface area contributed by atoms with Gasteiger partial charge in [0.15, 0.2) is 0 Å². The van der Waals surface area contributed by atoms with E-state index in [1.54, 1.807) is 13.2 Å². The summed E-state index contributed by atoms with van der Waals surface area (Å²) >= 11 is 0. The van der Waals surface area contributed by atoms with E-state index in [-0.39, 0.29) is 0 Å². The van der Waals surface area contributed by atoms with E-state index in [4.69, 9.17) is 4.74 Å². The Morgan fingerprint density at radius 1 is 1.00 bits per heavy atom. The maximum absolute atomic E-state index is 9.71. The third-order valence-electron chi connectivity index (χ3n) is 6.07. The first kappa shape index (κ1) is 19.1. The molecule has 5 nitrogen and oxygen atoms in total. The Labute approximate surface area is 168 Å². The summed E-state index contributed by atoms with van der Waals surface area (Å²) in [5, 5.41) is 9.71. The first-order valence-electron chi connectivity index (χ1n) is 10.3. The second-order valence-electron chi connectivity index (χ2n) is 7.92. The van der Waals surface area contributed by atoms with Crippen LogP contribution in [0.15, 0.2) is 48.5 Å². The fraction of sp³-hybridized carbons (Fsp3) is 0.478. The van der Waals surface area contributed by atoms with Crippen molar-refractivity contribution < 1.29 is 9.84 Å². The maximum atomic E-state index is 9.71. The van der Waals surface area contributed by atoms with E-state index in [0.29, 0.717) is 11.8 Å². The molecule has 2 heterocycles. The second-order valence-corrected chi connectivity index (χ2v) is 7.92. The van der Waals surface area contributed by atoms with Gasteiger partial charge in [0.1, 0.15) is 11.5 Å². The predicted molar refractivity (Wildman–Crippen MR) is 113 cm³/mol. The van der Waals surface area contributed by atoms with Crippen LogP contribution in [0.5, 0.6) is 11.5 Å². The van der Waals surface area contributed by atoms with Gasteiger partial charge in [-0.15, -0.1) is 0 Å². The van der Waals surface area contributed by atoms with Crippen LogP contribution in [-0.4, -0.2) is 67.3 Å². The standard InChI is InChI=1S/C23H31N3O2/c1-28-23-9-7-20(8-10-23)25-12-14-26(15-13-25)21-5-3-11-24(18-21)17-19-4-2-6-22(27)16-19/h2,4,6-10,16,21,27H,3,5,11-15,17-18H2,1H3. The Hall–Kier alpha value is -2.24. The van der Waals surface area contributed by atoms with Gasteiger partial charge in [-0.2, -0.15) is 0 Å². The molecule has 0 aliphatic carbocycles. The van der Waals surface area contributed by atoms with Gasteiger partial charge >= 0.3 is 0 Å². The fourth-order valence-corrected chi connectivity index (χ4v) is 4.52. The topological polar surface area (TPSA) is 39.2 Å². The molecule has 1 unspecified atom stereocenters. The molecule has 2 saturated heterocycles. The van der Waals surface area contributed by atoms with Gasteiger partial charge in [0.2, 0.25) is 0 Å². The zero-order valence-electron chi connectivity index (χ0n) is 16.8. The monoisotopic (exact) mass is 381 g/mol. The summed E-state index contributed by atoms with van der Waals surface area (Å²) < 4.78 is 5.27. The highest BCUT2D eigenvalue weighted by Crippen LogP contribution is 2.24. The first-order chi connectivity index (χ1) is 13.7. The molecule has 2 fully saturated rings. The Balaban J connectivity index is 1.30. The van der Waals surface area contributed by atoms with Crippen LogP contribution in [0, 0.1) is 0 Å². The van der Waals surface area contributed by atoms with Crippen LogP contribution in [0.3, 0.4) is 0 Å². The lowest BCUT2D eigenvalue weighted by Crippen LogP contribution is -2.55. The van der Waals surface area contributed by atoms with Crippen LogP contribution in [0.4, 0.5) is 5.69 Å². The molecular formula is C23H31N3O2. The minimum absolute atomic E-state index is 0.362. The number of anilines is 1. The molecule has 2 aliphatic rings. The highest BCUT2D eigenvalue weighted by molar-refractivity contribution is 5.49. The Morgan fingerprint density at radius 2 is 1.79 bits per heavy atom. The van der Waals surface area contributed by atoms with Gasteiger partial charge in [-0.3, -0.25) is 9.80 Å². The number of rotatable bonds is 5. The molecule has 0 amide bonds. The van der Waals surface area contributed by atoms with Gasteiger partial charge in [-0.25, -0.2) is 0 Å². The molecule has 2 aromatic rings. The molecule has 4 rings (SSSR count). The molecule has 1 N–H and O–H groups in total. The predicted octanol–water partition coefficient (Wildman–Crippen LogP) is 3.19. The fourth-order valence-electron chi connectivity index (χ4n) is 4.52. The van der Waals surface area contributed by atoms with Crippen molar-refractivity contribution in [2.75, 3.05) is 51.3 Å². The number of methoxy groups -OCH3 is 1. The second kappa shape index (κ2) is 8.84. The molecule has 28 heavy (non-hydrogen) atoms. The number of nitrogens with zero attached hydrogens (tertiary/aromatic N) is 3. The minimum Gasteiger partial charge on any atom is -0.508 e. The van der Waals surface area contributed by atoms with Crippen LogP contribution in [-0.2, 0) is 6.54 Å². The molecular weight excluding hydrogens is 350 g/mol. The molecule has 0 radical (unpaired) electrons. The van der Waals surface area contributed by atoms with E-state index in [1.807, 2.05) is 24.3 Å². The normalized spacial score (nSPS) is 21.6. The molecule has 2 aromatic carbocycles. The van der Waals surface area contributed by atoms with Crippen molar-refractivity contribution in [3.8, 4) is 11.5 Å². The van der Waals surface area contributed by atoms with Crippen molar-refractivity contribution in [2.45, 2.75) is 25.4 Å². The molecule has 0 bridgehead atoms. The quantitative estimate of drug-likeness (QED) is 0.861. The molecule has 0 saturated carbocycles. The summed E-state index contributed by atoms with van der Waals surface area (Å²) in [6, 6.07) is 16.7. The van der Waals surface area contributed by atoms with Crippen LogP contribution in [0.2, 0.25) is 0 Å². The lowest BCUT2D eigenvalue weighted by molar-refractivity contribution is 0.0887. The molecule has 2 aliphatic heterocycles. The number of hydrogen-bond acceptors (Lipinski definition) is 5. The minimum atomic E-state index is 0.362. The van der Waals surface area contributed by atoms with E-state index in [2.05, 4.69) is 32.9 Å². The number of phenols is 1. The number of aromatic hydroxyl groups is 1. The number of likely N-dealkylation sites (tertiary alicyclic amines) is 1. The molecule has 5 heteroatoms. The van der Waals surface area contributed by atoms with Crippen molar-refractivity contribution in [3.63, 3.8) is 0 Å². The zero-order valence-corrected chi connectivity index (χ0v) is 16.8. The van der Waals surface area contributed by atoms with Crippen LogP contribution in [0.1, 0.15) is 18.4 Å². The third-order valence-corrected chi connectivity index (χ3v) is 6.07.